The maximum absolute atomic E-state index is 12.3. The molecule has 1 fully saturated rings. The third kappa shape index (κ3) is 4.98. The van der Waals surface area contributed by atoms with Crippen LogP contribution in [0, 0.1) is 0 Å². The summed E-state index contributed by atoms with van der Waals surface area (Å²) < 4.78 is 5.21. The van der Waals surface area contributed by atoms with E-state index < -0.39 is 5.25 Å². The lowest BCUT2D eigenvalue weighted by Crippen LogP contribution is -2.28. The summed E-state index contributed by atoms with van der Waals surface area (Å²) in [5.74, 6) is 0.0289. The number of nitrogens with zero attached hydrogens (tertiary/aromatic N) is 2. The molecule has 0 radical (unpaired) electrons. The molecule has 0 aliphatic carbocycles. The van der Waals surface area contributed by atoms with E-state index in [4.69, 9.17) is 4.74 Å². The van der Waals surface area contributed by atoms with E-state index in [-0.39, 0.29) is 18.2 Å². The first-order chi connectivity index (χ1) is 13.6. The zero-order chi connectivity index (χ0) is 19.9. The second kappa shape index (κ2) is 9.18. The molecule has 2 aromatic rings. The van der Waals surface area contributed by atoms with Crippen LogP contribution in [0.25, 0.3) is 0 Å². The average molecular weight is 396 g/mol. The van der Waals surface area contributed by atoms with E-state index in [1.807, 2.05) is 43.3 Å². The molecule has 144 valence electrons. The van der Waals surface area contributed by atoms with Crippen molar-refractivity contribution in [1.29, 1.82) is 0 Å². The smallest absolute Gasteiger partial charge is 0.240 e. The van der Waals surface area contributed by atoms with Gasteiger partial charge in [0.05, 0.1) is 18.5 Å². The number of carbonyl (C=O) groups excluding carboxylic acids is 2. The molecule has 0 bridgehead atoms. The molecule has 7 nitrogen and oxygen atoms in total. The van der Waals surface area contributed by atoms with Crippen LogP contribution in [0.3, 0.4) is 0 Å². The van der Waals surface area contributed by atoms with Crippen molar-refractivity contribution in [2.45, 2.75) is 18.6 Å². The first kappa shape index (κ1) is 19.6. The van der Waals surface area contributed by atoms with Crippen molar-refractivity contribution < 1.29 is 14.3 Å². The highest BCUT2D eigenvalue weighted by Crippen LogP contribution is 2.26. The van der Waals surface area contributed by atoms with E-state index in [9.17, 15) is 9.59 Å². The molecule has 0 spiro atoms. The molecule has 0 aromatic heterocycles. The molecule has 3 rings (SSSR count). The zero-order valence-corrected chi connectivity index (χ0v) is 16.3. The average Bonchev–Trinajstić information content (AvgIpc) is 3.06. The Kier molecular flexibility index (Phi) is 6.44. The van der Waals surface area contributed by atoms with Crippen LogP contribution >= 0.6 is 11.8 Å². The number of anilines is 1. The lowest BCUT2D eigenvalue weighted by atomic mass is 10.1. The van der Waals surface area contributed by atoms with Crippen molar-refractivity contribution in [3.63, 3.8) is 0 Å². The van der Waals surface area contributed by atoms with Gasteiger partial charge in [0.2, 0.25) is 11.8 Å². The molecule has 2 N–H and O–H groups in total. The Balaban J connectivity index is 1.60. The third-order valence-corrected chi connectivity index (χ3v) is 5.08. The van der Waals surface area contributed by atoms with Crippen molar-refractivity contribution in [3.05, 3.63) is 60.2 Å². The number of carbonyl (C=O) groups is 2. The Morgan fingerprint density at radius 3 is 2.64 bits per heavy atom. The maximum atomic E-state index is 12.3. The Labute approximate surface area is 167 Å². The van der Waals surface area contributed by atoms with E-state index in [1.165, 1.54) is 18.9 Å². The van der Waals surface area contributed by atoms with Gasteiger partial charge in [0.25, 0.3) is 0 Å². The van der Waals surface area contributed by atoms with E-state index in [2.05, 4.69) is 20.8 Å². The van der Waals surface area contributed by atoms with Crippen molar-refractivity contribution >= 4 is 40.1 Å². The predicted octanol–water partition coefficient (Wildman–Crippen LogP) is 3.04. The number of hydrogen-bond acceptors (Lipinski definition) is 6. The van der Waals surface area contributed by atoms with Gasteiger partial charge in [-0.2, -0.15) is 5.10 Å². The van der Waals surface area contributed by atoms with Crippen LogP contribution in [0.5, 0.6) is 5.75 Å². The fourth-order valence-electron chi connectivity index (χ4n) is 2.56. The Hall–Kier alpha value is -3.13. The topological polar surface area (TPSA) is 92.2 Å². The molecule has 8 heteroatoms. The fraction of sp³-hybridized carbons (Fsp3) is 0.200. The number of rotatable bonds is 6. The Morgan fingerprint density at radius 2 is 1.89 bits per heavy atom. The van der Waals surface area contributed by atoms with Crippen LogP contribution < -0.4 is 15.4 Å². The highest BCUT2D eigenvalue weighted by molar-refractivity contribution is 8.15. The molecule has 1 aliphatic rings. The van der Waals surface area contributed by atoms with E-state index in [1.54, 1.807) is 18.2 Å². The van der Waals surface area contributed by atoms with E-state index in [0.29, 0.717) is 16.6 Å². The summed E-state index contributed by atoms with van der Waals surface area (Å²) in [5.41, 5.74) is 2.25. The van der Waals surface area contributed by atoms with Crippen molar-refractivity contribution in [2.24, 2.45) is 10.2 Å². The summed E-state index contributed by atoms with van der Waals surface area (Å²) in [6, 6.07) is 16.7. The number of hydrogen-bond donors (Lipinski definition) is 2. The molecule has 28 heavy (non-hydrogen) atoms. The normalized spacial score (nSPS) is 18.1. The van der Waals surface area contributed by atoms with Crippen molar-refractivity contribution in [3.8, 4) is 5.75 Å². The largest absolute Gasteiger partial charge is 0.495 e. The maximum Gasteiger partial charge on any atom is 0.240 e. The number of methoxy groups -OCH3 is 1. The van der Waals surface area contributed by atoms with Crippen LogP contribution in [-0.2, 0) is 9.59 Å². The van der Waals surface area contributed by atoms with E-state index in [0.717, 1.165) is 11.3 Å². The zero-order valence-electron chi connectivity index (χ0n) is 15.5. The van der Waals surface area contributed by atoms with Crippen LogP contribution in [0.1, 0.15) is 18.9 Å². The number of amides is 2. The SMILES string of the molecule is COc1ccccc1NC(=O)CC1S/C(=N\N=C(/C)c2ccccc2)NC1=O. The molecule has 2 aromatic carbocycles. The van der Waals surface area contributed by atoms with E-state index >= 15 is 0 Å². The first-order valence-corrected chi connectivity index (χ1v) is 9.53. The molecular weight excluding hydrogens is 376 g/mol. The van der Waals surface area contributed by atoms with Gasteiger partial charge in [-0.25, -0.2) is 0 Å². The van der Waals surface area contributed by atoms with Gasteiger partial charge in [-0.15, -0.1) is 5.10 Å². The number of nitrogens with one attached hydrogen (secondary N) is 2. The summed E-state index contributed by atoms with van der Waals surface area (Å²) in [6.07, 6.45) is 0.0228. The van der Waals surface area contributed by atoms with Crippen LogP contribution in [0.4, 0.5) is 5.69 Å². The van der Waals surface area contributed by atoms with Gasteiger partial charge in [-0.1, -0.05) is 54.2 Å². The molecule has 1 aliphatic heterocycles. The van der Waals surface area contributed by atoms with Crippen LogP contribution in [0.2, 0.25) is 0 Å². The number of ether oxygens (including phenoxy) is 1. The van der Waals surface area contributed by atoms with Gasteiger partial charge in [0.1, 0.15) is 11.0 Å². The Bertz CT molecular complexity index is 928. The second-order valence-electron chi connectivity index (χ2n) is 6.00. The molecule has 1 atom stereocenters. The van der Waals surface area contributed by atoms with Crippen LogP contribution in [0.15, 0.2) is 64.8 Å². The summed E-state index contributed by atoms with van der Waals surface area (Å²) in [5, 5.41) is 13.5. The second-order valence-corrected chi connectivity index (χ2v) is 7.20. The minimum Gasteiger partial charge on any atom is -0.495 e. The monoisotopic (exact) mass is 396 g/mol. The molecule has 2 amide bonds. The highest BCUT2D eigenvalue weighted by atomic mass is 32.2. The minimum absolute atomic E-state index is 0.0228. The number of benzene rings is 2. The van der Waals surface area contributed by atoms with Gasteiger partial charge in [-0.3, -0.25) is 9.59 Å². The summed E-state index contributed by atoms with van der Waals surface area (Å²) in [6.45, 7) is 1.85. The number of amidine groups is 1. The fourth-order valence-corrected chi connectivity index (χ4v) is 3.48. The van der Waals surface area contributed by atoms with Crippen molar-refractivity contribution in [1.82, 2.24) is 5.32 Å². The Morgan fingerprint density at radius 1 is 1.18 bits per heavy atom. The standard InChI is InChI=1S/C20H20N4O3S/c1-13(14-8-4-3-5-9-14)23-24-20-22-19(26)17(28-20)12-18(25)21-15-10-6-7-11-16(15)27-2/h3-11,17H,12H2,1-2H3,(H,21,25)(H,22,24,26)/b23-13+. The summed E-state index contributed by atoms with van der Waals surface area (Å²) in [4.78, 5) is 24.5. The van der Waals surface area contributed by atoms with Gasteiger partial charge < -0.3 is 15.4 Å². The van der Waals surface area contributed by atoms with Crippen LogP contribution in [-0.4, -0.2) is 35.1 Å². The first-order valence-electron chi connectivity index (χ1n) is 8.65. The molecular formula is C20H20N4O3S. The minimum atomic E-state index is -0.555. The third-order valence-electron chi connectivity index (χ3n) is 4.01. The lowest BCUT2D eigenvalue weighted by Gasteiger charge is -2.10. The van der Waals surface area contributed by atoms with Gasteiger partial charge in [-0.05, 0) is 24.6 Å². The highest BCUT2D eigenvalue weighted by Gasteiger charge is 2.32. The summed E-state index contributed by atoms with van der Waals surface area (Å²) in [7, 11) is 1.53. The lowest BCUT2D eigenvalue weighted by molar-refractivity contribution is -0.122. The number of para-hydroxylation sites is 2. The number of thioether (sulfide) groups is 1. The van der Waals surface area contributed by atoms with Gasteiger partial charge in [0.15, 0.2) is 5.17 Å². The quantitative estimate of drug-likeness (QED) is 0.580. The summed E-state index contributed by atoms with van der Waals surface area (Å²) >= 11 is 1.19. The van der Waals surface area contributed by atoms with Crippen molar-refractivity contribution in [2.75, 3.05) is 12.4 Å². The predicted molar refractivity (Wildman–Crippen MR) is 112 cm³/mol. The molecule has 1 heterocycles. The molecule has 0 saturated carbocycles. The van der Waals surface area contributed by atoms with Gasteiger partial charge >= 0.3 is 0 Å². The molecule has 1 saturated heterocycles. The van der Waals surface area contributed by atoms with Gasteiger partial charge in [0, 0.05) is 6.42 Å². The molecule has 1 unspecified atom stereocenters.